The molecule has 104 valence electrons. The Morgan fingerprint density at radius 2 is 2.05 bits per heavy atom. The van der Waals surface area contributed by atoms with Gasteiger partial charge in [-0.05, 0) is 36.0 Å². The normalized spacial score (nSPS) is 18.2. The first-order chi connectivity index (χ1) is 9.08. The van der Waals surface area contributed by atoms with Crippen LogP contribution >= 0.6 is 15.9 Å². The molecule has 1 atom stereocenters. The van der Waals surface area contributed by atoms with E-state index in [9.17, 15) is 4.79 Å². The van der Waals surface area contributed by atoms with Crippen LogP contribution in [0.25, 0.3) is 0 Å². The molecule has 1 unspecified atom stereocenters. The van der Waals surface area contributed by atoms with E-state index in [2.05, 4.69) is 22.0 Å². The lowest BCUT2D eigenvalue weighted by Crippen LogP contribution is -2.15. The predicted molar refractivity (Wildman–Crippen MR) is 79.1 cm³/mol. The summed E-state index contributed by atoms with van der Waals surface area (Å²) in [5, 5.41) is 8.78. The fourth-order valence-corrected chi connectivity index (χ4v) is 3.54. The zero-order chi connectivity index (χ0) is 13.8. The Hall–Kier alpha value is -0.870. The topological polar surface area (TPSA) is 63.3 Å². The quantitative estimate of drug-likeness (QED) is 0.880. The summed E-state index contributed by atoms with van der Waals surface area (Å²) in [6.45, 7) is 0. The van der Waals surface area contributed by atoms with Gasteiger partial charge in [0.1, 0.15) is 0 Å². The fraction of sp³-hybridized carbons (Fsp3) is 0.533. The molecule has 1 aromatic carbocycles. The molecule has 0 aliphatic heterocycles. The van der Waals surface area contributed by atoms with Gasteiger partial charge >= 0.3 is 5.97 Å². The van der Waals surface area contributed by atoms with Gasteiger partial charge in [-0.3, -0.25) is 4.79 Å². The van der Waals surface area contributed by atoms with E-state index in [0.717, 1.165) is 10.0 Å². The lowest BCUT2D eigenvalue weighted by Gasteiger charge is -2.23. The van der Waals surface area contributed by atoms with E-state index in [1.165, 1.54) is 37.7 Å². The van der Waals surface area contributed by atoms with Gasteiger partial charge in [-0.1, -0.05) is 47.3 Å². The maximum Gasteiger partial charge on any atom is 0.305 e. The third kappa shape index (κ3) is 3.80. The number of carboxylic acids is 1. The van der Waals surface area contributed by atoms with Crippen LogP contribution in [-0.2, 0) is 4.79 Å². The minimum Gasteiger partial charge on any atom is -0.481 e. The Morgan fingerprint density at radius 3 is 2.63 bits per heavy atom. The number of rotatable bonds is 4. The minimum atomic E-state index is -0.861. The number of benzene rings is 1. The average Bonchev–Trinajstić information content (AvgIpc) is 2.38. The molecule has 4 heteroatoms. The van der Waals surface area contributed by atoms with Crippen molar-refractivity contribution >= 4 is 21.9 Å². The molecule has 0 spiro atoms. The second-order valence-electron chi connectivity index (χ2n) is 5.32. The summed E-state index contributed by atoms with van der Waals surface area (Å²) in [5.74, 6) is -0.229. The number of hydrogen-bond donors (Lipinski definition) is 2. The zero-order valence-electron chi connectivity index (χ0n) is 10.9. The highest BCUT2D eigenvalue weighted by Crippen LogP contribution is 2.37. The third-order valence-electron chi connectivity index (χ3n) is 3.89. The highest BCUT2D eigenvalue weighted by molar-refractivity contribution is 9.10. The first kappa shape index (κ1) is 14.5. The Morgan fingerprint density at radius 1 is 1.37 bits per heavy atom. The summed E-state index contributed by atoms with van der Waals surface area (Å²) in [4.78, 5) is 10.7. The van der Waals surface area contributed by atoms with Gasteiger partial charge < -0.3 is 10.8 Å². The van der Waals surface area contributed by atoms with E-state index < -0.39 is 12.0 Å². The average molecular weight is 326 g/mol. The van der Waals surface area contributed by atoms with Crippen molar-refractivity contribution < 1.29 is 9.90 Å². The molecule has 0 aromatic heterocycles. The van der Waals surface area contributed by atoms with Crippen molar-refractivity contribution in [2.75, 3.05) is 0 Å². The van der Waals surface area contributed by atoms with Crippen molar-refractivity contribution in [2.24, 2.45) is 5.73 Å². The van der Waals surface area contributed by atoms with Crippen LogP contribution < -0.4 is 5.73 Å². The summed E-state index contributed by atoms with van der Waals surface area (Å²) in [6.07, 6.45) is 6.41. The Bertz CT molecular complexity index is 455. The lowest BCUT2D eigenvalue weighted by molar-refractivity contribution is -0.137. The number of halogens is 1. The number of carbonyl (C=O) groups is 1. The number of aliphatic carboxylic acids is 1. The van der Waals surface area contributed by atoms with Crippen LogP contribution in [0.1, 0.15) is 61.6 Å². The van der Waals surface area contributed by atoms with Crippen LogP contribution in [0.3, 0.4) is 0 Å². The van der Waals surface area contributed by atoms with E-state index >= 15 is 0 Å². The highest BCUT2D eigenvalue weighted by Gasteiger charge is 2.19. The molecular weight excluding hydrogens is 306 g/mol. The summed E-state index contributed by atoms with van der Waals surface area (Å²) in [5.41, 5.74) is 8.11. The van der Waals surface area contributed by atoms with Gasteiger partial charge in [-0.25, -0.2) is 0 Å². The van der Waals surface area contributed by atoms with Crippen LogP contribution in [-0.4, -0.2) is 11.1 Å². The van der Waals surface area contributed by atoms with Gasteiger partial charge in [0.15, 0.2) is 0 Å². The Balaban J connectivity index is 2.14. The molecule has 1 aliphatic carbocycles. The van der Waals surface area contributed by atoms with Crippen LogP contribution in [0, 0.1) is 0 Å². The molecule has 0 bridgehead atoms. The molecule has 1 aromatic rings. The van der Waals surface area contributed by atoms with Crippen molar-refractivity contribution in [2.45, 2.75) is 50.5 Å². The second kappa shape index (κ2) is 6.53. The Kier molecular flexibility index (Phi) is 4.99. The van der Waals surface area contributed by atoms with Crippen LogP contribution in [0.4, 0.5) is 0 Å². The number of nitrogens with two attached hydrogens (primary N) is 1. The van der Waals surface area contributed by atoms with Crippen LogP contribution in [0.15, 0.2) is 22.7 Å². The van der Waals surface area contributed by atoms with Gasteiger partial charge in [0.2, 0.25) is 0 Å². The number of carboxylic acid groups (broad SMARTS) is 1. The summed E-state index contributed by atoms with van der Waals surface area (Å²) >= 11 is 3.61. The first-order valence-electron chi connectivity index (χ1n) is 6.84. The largest absolute Gasteiger partial charge is 0.481 e. The molecule has 1 saturated carbocycles. The van der Waals surface area contributed by atoms with Crippen molar-refractivity contribution in [3.8, 4) is 0 Å². The lowest BCUT2D eigenvalue weighted by atomic mass is 9.83. The van der Waals surface area contributed by atoms with E-state index in [-0.39, 0.29) is 6.42 Å². The molecule has 0 heterocycles. The van der Waals surface area contributed by atoms with Crippen LogP contribution in [0.5, 0.6) is 0 Å². The monoisotopic (exact) mass is 325 g/mol. The van der Waals surface area contributed by atoms with E-state index in [4.69, 9.17) is 10.8 Å². The van der Waals surface area contributed by atoms with Gasteiger partial charge in [0.25, 0.3) is 0 Å². The molecule has 1 aliphatic rings. The van der Waals surface area contributed by atoms with E-state index in [0.29, 0.717) is 5.92 Å². The maximum absolute atomic E-state index is 10.7. The smallest absolute Gasteiger partial charge is 0.305 e. The highest BCUT2D eigenvalue weighted by atomic mass is 79.9. The van der Waals surface area contributed by atoms with Crippen molar-refractivity contribution in [1.82, 2.24) is 0 Å². The number of hydrogen-bond acceptors (Lipinski definition) is 2. The van der Waals surface area contributed by atoms with E-state index in [1.54, 1.807) is 0 Å². The van der Waals surface area contributed by atoms with E-state index in [1.807, 2.05) is 12.1 Å². The molecule has 3 N–H and O–H groups in total. The summed E-state index contributed by atoms with van der Waals surface area (Å²) < 4.78 is 1.07. The fourth-order valence-electron chi connectivity index (χ4n) is 2.82. The standard InChI is InChI=1S/C15H20BrNO2/c16-13-8-11(14(17)9-15(18)19)6-7-12(13)10-4-2-1-3-5-10/h6-8,10,14H,1-5,9,17H2,(H,18,19). The maximum atomic E-state index is 10.7. The molecule has 1 fully saturated rings. The van der Waals surface area contributed by atoms with Gasteiger partial charge in [-0.2, -0.15) is 0 Å². The van der Waals surface area contributed by atoms with Crippen molar-refractivity contribution in [3.63, 3.8) is 0 Å². The molecule has 19 heavy (non-hydrogen) atoms. The SMILES string of the molecule is NC(CC(=O)O)c1ccc(C2CCCCC2)c(Br)c1. The van der Waals surface area contributed by atoms with Gasteiger partial charge in [-0.15, -0.1) is 0 Å². The summed E-state index contributed by atoms with van der Waals surface area (Å²) in [7, 11) is 0. The minimum absolute atomic E-state index is 0.0325. The molecule has 3 nitrogen and oxygen atoms in total. The van der Waals surface area contributed by atoms with Gasteiger partial charge in [0, 0.05) is 10.5 Å². The molecule has 0 amide bonds. The van der Waals surface area contributed by atoms with Crippen molar-refractivity contribution in [3.05, 3.63) is 33.8 Å². The van der Waals surface area contributed by atoms with Crippen LogP contribution in [0.2, 0.25) is 0 Å². The first-order valence-corrected chi connectivity index (χ1v) is 7.64. The molecule has 0 radical (unpaired) electrons. The van der Waals surface area contributed by atoms with Gasteiger partial charge in [0.05, 0.1) is 6.42 Å². The Labute approximate surface area is 122 Å². The molecular formula is C15H20BrNO2. The zero-order valence-corrected chi connectivity index (χ0v) is 12.5. The third-order valence-corrected chi connectivity index (χ3v) is 4.58. The summed E-state index contributed by atoms with van der Waals surface area (Å²) in [6, 6.07) is 5.63. The predicted octanol–water partition coefficient (Wildman–Crippen LogP) is 3.97. The van der Waals surface area contributed by atoms with Crippen molar-refractivity contribution in [1.29, 1.82) is 0 Å². The molecule has 0 saturated heterocycles. The second-order valence-corrected chi connectivity index (χ2v) is 6.17. The molecule has 2 rings (SSSR count).